The van der Waals surface area contributed by atoms with E-state index in [1.165, 1.54) is 18.2 Å². The van der Waals surface area contributed by atoms with Crippen LogP contribution in [0.5, 0.6) is 0 Å². The molecule has 1 N–H and O–H groups in total. The lowest BCUT2D eigenvalue weighted by Crippen LogP contribution is -2.40. The lowest BCUT2D eigenvalue weighted by atomic mass is 9.99. The average molecular weight is 255 g/mol. The molecule has 18 heavy (non-hydrogen) atoms. The van der Waals surface area contributed by atoms with Gasteiger partial charge in [0.15, 0.2) is 0 Å². The van der Waals surface area contributed by atoms with Gasteiger partial charge in [-0.2, -0.15) is 0 Å². The monoisotopic (exact) mass is 255 g/mol. The largest absolute Gasteiger partial charge is 0.311 e. The van der Waals surface area contributed by atoms with Crippen molar-refractivity contribution in [1.82, 2.24) is 5.32 Å². The molecule has 1 aromatic carbocycles. The van der Waals surface area contributed by atoms with Crippen molar-refractivity contribution in [1.29, 1.82) is 0 Å². The van der Waals surface area contributed by atoms with Gasteiger partial charge in [-0.1, -0.05) is 26.8 Å². The number of nitrogens with one attached hydrogen (secondary N) is 1. The van der Waals surface area contributed by atoms with Crippen LogP contribution < -0.4 is 5.32 Å². The first-order valence-electron chi connectivity index (χ1n) is 6.64. The van der Waals surface area contributed by atoms with Crippen LogP contribution in [-0.2, 0) is 6.42 Å². The molecule has 0 amide bonds. The highest BCUT2D eigenvalue weighted by molar-refractivity contribution is 5.20. The van der Waals surface area contributed by atoms with Crippen molar-refractivity contribution in [3.63, 3.8) is 0 Å². The standard InChI is InChI=1S/C15H23F2N/c1-5-15(10(2)3)18-11(4)9-12-13(16)7-6-8-14(12)17/h6-8,10-11,15,18H,5,9H2,1-4H3. The summed E-state index contributed by atoms with van der Waals surface area (Å²) in [6.07, 6.45) is 1.39. The molecule has 2 unspecified atom stereocenters. The van der Waals surface area contributed by atoms with Crippen molar-refractivity contribution in [3.05, 3.63) is 35.4 Å². The fourth-order valence-electron chi connectivity index (χ4n) is 2.24. The SMILES string of the molecule is CCC(NC(C)Cc1c(F)cccc1F)C(C)C. The zero-order valence-electron chi connectivity index (χ0n) is 11.6. The number of halogens is 2. The highest BCUT2D eigenvalue weighted by Crippen LogP contribution is 2.15. The highest BCUT2D eigenvalue weighted by atomic mass is 19.1. The summed E-state index contributed by atoms with van der Waals surface area (Å²) in [6, 6.07) is 4.46. The molecule has 0 saturated heterocycles. The quantitative estimate of drug-likeness (QED) is 0.812. The van der Waals surface area contributed by atoms with E-state index in [2.05, 4.69) is 26.1 Å². The van der Waals surface area contributed by atoms with E-state index in [4.69, 9.17) is 0 Å². The number of rotatable bonds is 6. The van der Waals surface area contributed by atoms with Crippen molar-refractivity contribution in [2.24, 2.45) is 5.92 Å². The van der Waals surface area contributed by atoms with E-state index in [1.54, 1.807) is 0 Å². The molecule has 0 aliphatic heterocycles. The summed E-state index contributed by atoms with van der Waals surface area (Å²) in [7, 11) is 0. The van der Waals surface area contributed by atoms with Gasteiger partial charge in [0.05, 0.1) is 0 Å². The van der Waals surface area contributed by atoms with E-state index in [0.29, 0.717) is 18.4 Å². The fourth-order valence-corrected chi connectivity index (χ4v) is 2.24. The van der Waals surface area contributed by atoms with Crippen LogP contribution in [-0.4, -0.2) is 12.1 Å². The van der Waals surface area contributed by atoms with Crippen LogP contribution in [0.1, 0.15) is 39.7 Å². The van der Waals surface area contributed by atoms with Gasteiger partial charge in [0.2, 0.25) is 0 Å². The van der Waals surface area contributed by atoms with Crippen LogP contribution in [0.4, 0.5) is 8.78 Å². The van der Waals surface area contributed by atoms with E-state index in [0.717, 1.165) is 6.42 Å². The molecule has 3 heteroatoms. The maximum atomic E-state index is 13.5. The maximum Gasteiger partial charge on any atom is 0.129 e. The van der Waals surface area contributed by atoms with E-state index in [9.17, 15) is 8.78 Å². The van der Waals surface area contributed by atoms with Gasteiger partial charge in [0.25, 0.3) is 0 Å². The summed E-state index contributed by atoms with van der Waals surface area (Å²) in [5.41, 5.74) is 0.177. The topological polar surface area (TPSA) is 12.0 Å². The van der Waals surface area contributed by atoms with Gasteiger partial charge in [-0.05, 0) is 37.8 Å². The Kier molecular flexibility index (Phi) is 5.73. The third kappa shape index (κ3) is 4.05. The molecular weight excluding hydrogens is 232 g/mol. The summed E-state index contributed by atoms with van der Waals surface area (Å²) in [6.45, 7) is 8.39. The molecule has 0 heterocycles. The Balaban J connectivity index is 2.67. The average Bonchev–Trinajstić information content (AvgIpc) is 2.30. The van der Waals surface area contributed by atoms with E-state index < -0.39 is 11.6 Å². The van der Waals surface area contributed by atoms with Crippen molar-refractivity contribution < 1.29 is 8.78 Å². The van der Waals surface area contributed by atoms with Gasteiger partial charge in [-0.3, -0.25) is 0 Å². The molecule has 1 aromatic rings. The summed E-state index contributed by atoms with van der Waals surface area (Å²) in [5.74, 6) is -0.398. The van der Waals surface area contributed by atoms with E-state index in [1.807, 2.05) is 6.92 Å². The smallest absolute Gasteiger partial charge is 0.129 e. The molecule has 102 valence electrons. The van der Waals surface area contributed by atoms with Crippen LogP contribution in [0, 0.1) is 17.6 Å². The summed E-state index contributed by atoms with van der Waals surface area (Å²) >= 11 is 0. The second-order valence-electron chi connectivity index (χ2n) is 5.23. The van der Waals surface area contributed by atoms with Crippen molar-refractivity contribution in [3.8, 4) is 0 Å². The summed E-state index contributed by atoms with van der Waals surface area (Å²) < 4.78 is 27.0. The highest BCUT2D eigenvalue weighted by Gasteiger charge is 2.17. The number of hydrogen-bond donors (Lipinski definition) is 1. The Morgan fingerprint density at radius 1 is 1.11 bits per heavy atom. The molecule has 0 saturated carbocycles. The first kappa shape index (κ1) is 15.1. The molecule has 0 aliphatic carbocycles. The Hall–Kier alpha value is -0.960. The second-order valence-corrected chi connectivity index (χ2v) is 5.23. The maximum absolute atomic E-state index is 13.5. The minimum absolute atomic E-state index is 0.0590. The minimum atomic E-state index is -0.457. The molecule has 0 spiro atoms. The van der Waals surface area contributed by atoms with Crippen LogP contribution in [0.25, 0.3) is 0 Å². The van der Waals surface area contributed by atoms with Crippen molar-refractivity contribution in [2.45, 2.75) is 52.6 Å². The van der Waals surface area contributed by atoms with Gasteiger partial charge in [-0.25, -0.2) is 8.78 Å². The molecule has 0 aliphatic rings. The van der Waals surface area contributed by atoms with Crippen LogP contribution in [0.2, 0.25) is 0 Å². The van der Waals surface area contributed by atoms with Crippen LogP contribution in [0.3, 0.4) is 0 Å². The predicted octanol–water partition coefficient (Wildman–Crippen LogP) is 3.92. The Morgan fingerprint density at radius 3 is 2.11 bits per heavy atom. The number of benzene rings is 1. The second kappa shape index (κ2) is 6.83. The Bertz CT molecular complexity index is 357. The third-order valence-electron chi connectivity index (χ3n) is 3.32. The third-order valence-corrected chi connectivity index (χ3v) is 3.32. The zero-order chi connectivity index (χ0) is 13.7. The first-order valence-corrected chi connectivity index (χ1v) is 6.64. The van der Waals surface area contributed by atoms with Crippen molar-refractivity contribution >= 4 is 0 Å². The van der Waals surface area contributed by atoms with Gasteiger partial charge in [0, 0.05) is 17.6 Å². The first-order chi connectivity index (χ1) is 8.45. The molecule has 1 nitrogen and oxygen atoms in total. The molecule has 0 bridgehead atoms. The molecule has 1 rings (SSSR count). The van der Waals surface area contributed by atoms with Crippen LogP contribution in [0.15, 0.2) is 18.2 Å². The Labute approximate surface area is 109 Å². The normalized spacial score (nSPS) is 14.8. The van der Waals surface area contributed by atoms with Gasteiger partial charge >= 0.3 is 0 Å². The van der Waals surface area contributed by atoms with E-state index in [-0.39, 0.29) is 11.6 Å². The lowest BCUT2D eigenvalue weighted by molar-refractivity contribution is 0.347. The molecule has 0 fully saturated rings. The summed E-state index contributed by atoms with van der Waals surface area (Å²) in [5, 5.41) is 3.44. The minimum Gasteiger partial charge on any atom is -0.311 e. The van der Waals surface area contributed by atoms with Gasteiger partial charge in [0.1, 0.15) is 11.6 Å². The lowest BCUT2D eigenvalue weighted by Gasteiger charge is -2.25. The van der Waals surface area contributed by atoms with Gasteiger partial charge < -0.3 is 5.32 Å². The van der Waals surface area contributed by atoms with Gasteiger partial charge in [-0.15, -0.1) is 0 Å². The van der Waals surface area contributed by atoms with E-state index >= 15 is 0 Å². The number of hydrogen-bond acceptors (Lipinski definition) is 1. The summed E-state index contributed by atoms with van der Waals surface area (Å²) in [4.78, 5) is 0. The molecular formula is C15H23F2N. The zero-order valence-corrected chi connectivity index (χ0v) is 11.6. The fraction of sp³-hybridized carbons (Fsp3) is 0.600. The molecule has 0 aromatic heterocycles. The van der Waals surface area contributed by atoms with Crippen LogP contribution >= 0.6 is 0 Å². The predicted molar refractivity (Wildman–Crippen MR) is 71.6 cm³/mol. The molecule has 0 radical (unpaired) electrons. The molecule has 2 atom stereocenters. The van der Waals surface area contributed by atoms with Crippen molar-refractivity contribution in [2.75, 3.05) is 0 Å². The Morgan fingerprint density at radius 2 is 1.67 bits per heavy atom.